The SMILES string of the molecule is c1ccc(-c2ccccc2-c2c(-c3ccccc3)cccc2N(c2ccc3c(c2)-c2ccccc2C32c3ccccc3-c3ccccc32)c2ccc3c(ccc4ccccc43)c2)cc1. The highest BCUT2D eigenvalue weighted by atomic mass is 15.1. The Labute approximate surface area is 373 Å². The molecule has 0 aliphatic heterocycles. The Kier molecular flexibility index (Phi) is 8.20. The van der Waals surface area contributed by atoms with Crippen molar-refractivity contribution >= 4 is 38.6 Å². The van der Waals surface area contributed by atoms with Gasteiger partial charge in [0.1, 0.15) is 0 Å². The lowest BCUT2D eigenvalue weighted by atomic mass is 9.70. The maximum Gasteiger partial charge on any atom is 0.0725 e. The molecule has 0 heterocycles. The van der Waals surface area contributed by atoms with E-state index in [-0.39, 0.29) is 0 Å². The molecular formula is C63H41N. The number of hydrogen-bond acceptors (Lipinski definition) is 1. The fourth-order valence-electron chi connectivity index (χ4n) is 11.2. The quantitative estimate of drug-likeness (QED) is 0.151. The molecule has 298 valence electrons. The maximum absolute atomic E-state index is 2.52. The molecule has 0 N–H and O–H groups in total. The second-order valence-corrected chi connectivity index (χ2v) is 17.1. The average Bonchev–Trinajstić information content (AvgIpc) is 3.84. The van der Waals surface area contributed by atoms with Crippen LogP contribution in [0.25, 0.3) is 77.2 Å². The molecule has 0 aromatic heterocycles. The summed E-state index contributed by atoms with van der Waals surface area (Å²) >= 11 is 0. The lowest BCUT2D eigenvalue weighted by molar-refractivity contribution is 0.794. The van der Waals surface area contributed by atoms with Crippen LogP contribution in [0.5, 0.6) is 0 Å². The normalized spacial score (nSPS) is 12.8. The fourth-order valence-corrected chi connectivity index (χ4v) is 11.2. The molecule has 0 amide bonds. The lowest BCUT2D eigenvalue weighted by Gasteiger charge is -2.32. The van der Waals surface area contributed by atoms with Crippen molar-refractivity contribution in [2.45, 2.75) is 5.41 Å². The third-order valence-corrected chi connectivity index (χ3v) is 13.9. The fraction of sp³-hybridized carbons (Fsp3) is 0.0159. The minimum absolute atomic E-state index is 0.417. The van der Waals surface area contributed by atoms with Gasteiger partial charge < -0.3 is 4.90 Å². The summed E-state index contributed by atoms with van der Waals surface area (Å²) in [6.07, 6.45) is 0. The second-order valence-electron chi connectivity index (χ2n) is 17.1. The van der Waals surface area contributed by atoms with E-state index in [1.807, 2.05) is 0 Å². The first kappa shape index (κ1) is 36.4. The van der Waals surface area contributed by atoms with Crippen molar-refractivity contribution in [3.05, 3.63) is 271 Å². The van der Waals surface area contributed by atoms with E-state index >= 15 is 0 Å². The zero-order chi connectivity index (χ0) is 42.2. The van der Waals surface area contributed by atoms with Gasteiger partial charge in [-0.2, -0.15) is 0 Å². The molecular weight excluding hydrogens is 771 g/mol. The van der Waals surface area contributed by atoms with Gasteiger partial charge in [-0.05, 0) is 124 Å². The molecule has 0 unspecified atom stereocenters. The summed E-state index contributed by atoms with van der Waals surface area (Å²) in [6.45, 7) is 0. The molecule has 0 radical (unpaired) electrons. The van der Waals surface area contributed by atoms with Gasteiger partial charge in [0.25, 0.3) is 0 Å². The van der Waals surface area contributed by atoms with Crippen molar-refractivity contribution in [3.8, 4) is 55.6 Å². The zero-order valence-electron chi connectivity index (χ0n) is 35.1. The summed E-state index contributed by atoms with van der Waals surface area (Å²) in [6, 6.07) is 92.2. The Balaban J connectivity index is 1.11. The monoisotopic (exact) mass is 811 g/mol. The molecule has 0 atom stereocenters. The van der Waals surface area contributed by atoms with Crippen LogP contribution in [0.3, 0.4) is 0 Å². The standard InChI is InChI=1S/C63H41N/c1-3-18-42(19-4-1)49-24-9-10-28-55(49)62-51(43-20-5-2-6-21-43)29-17-33-61(62)64(46-36-38-50-45(40-46)35-34-44-22-7-8-23-48(44)50)47-37-39-60-56(41-47)54-27-13-16-32-59(54)63(60)57-30-14-11-25-52(57)53-26-12-15-31-58(53)63/h1-41H. The van der Waals surface area contributed by atoms with Crippen LogP contribution >= 0.6 is 0 Å². The largest absolute Gasteiger partial charge is 0.310 e. The van der Waals surface area contributed by atoms with Gasteiger partial charge in [-0.15, -0.1) is 0 Å². The van der Waals surface area contributed by atoms with Crippen molar-refractivity contribution < 1.29 is 0 Å². The van der Waals surface area contributed by atoms with Gasteiger partial charge in [-0.1, -0.05) is 218 Å². The summed E-state index contributed by atoms with van der Waals surface area (Å²) in [7, 11) is 0. The van der Waals surface area contributed by atoms with Crippen molar-refractivity contribution in [1.29, 1.82) is 0 Å². The number of nitrogens with zero attached hydrogens (tertiary/aromatic N) is 1. The third kappa shape index (κ3) is 5.31. The van der Waals surface area contributed by atoms with E-state index in [0.29, 0.717) is 0 Å². The summed E-state index contributed by atoms with van der Waals surface area (Å²) in [5.41, 5.74) is 20.6. The molecule has 2 aliphatic carbocycles. The van der Waals surface area contributed by atoms with E-state index in [0.717, 1.165) is 17.1 Å². The van der Waals surface area contributed by atoms with Crippen LogP contribution in [0.4, 0.5) is 17.1 Å². The summed E-state index contributed by atoms with van der Waals surface area (Å²) < 4.78 is 0. The van der Waals surface area contributed by atoms with E-state index in [4.69, 9.17) is 0 Å². The van der Waals surface area contributed by atoms with Gasteiger partial charge in [-0.25, -0.2) is 0 Å². The summed E-state index contributed by atoms with van der Waals surface area (Å²) in [5.74, 6) is 0. The molecule has 11 aromatic carbocycles. The number of anilines is 3. The first-order valence-corrected chi connectivity index (χ1v) is 22.3. The Morgan fingerprint density at radius 2 is 0.734 bits per heavy atom. The molecule has 2 aliphatic rings. The number of benzene rings is 11. The Hall–Kier alpha value is -8.26. The average molecular weight is 812 g/mol. The smallest absolute Gasteiger partial charge is 0.0725 e. The van der Waals surface area contributed by atoms with Gasteiger partial charge in [0, 0.05) is 16.9 Å². The van der Waals surface area contributed by atoms with E-state index in [2.05, 4.69) is 254 Å². The molecule has 0 saturated heterocycles. The van der Waals surface area contributed by atoms with Gasteiger partial charge in [0.15, 0.2) is 0 Å². The predicted molar refractivity (Wildman–Crippen MR) is 269 cm³/mol. The highest BCUT2D eigenvalue weighted by Crippen LogP contribution is 2.63. The number of rotatable bonds is 6. The molecule has 13 rings (SSSR count). The number of hydrogen-bond donors (Lipinski definition) is 0. The van der Waals surface area contributed by atoms with Crippen LogP contribution in [0.1, 0.15) is 22.3 Å². The first-order chi connectivity index (χ1) is 31.8. The van der Waals surface area contributed by atoms with Crippen molar-refractivity contribution in [1.82, 2.24) is 0 Å². The Morgan fingerprint density at radius 1 is 0.266 bits per heavy atom. The van der Waals surface area contributed by atoms with Crippen LogP contribution in [0.15, 0.2) is 249 Å². The highest BCUT2D eigenvalue weighted by molar-refractivity contribution is 6.09. The molecule has 11 aromatic rings. The van der Waals surface area contributed by atoms with E-state index in [1.165, 1.54) is 99.4 Å². The molecule has 1 nitrogen and oxygen atoms in total. The van der Waals surface area contributed by atoms with Crippen molar-refractivity contribution in [3.63, 3.8) is 0 Å². The molecule has 64 heavy (non-hydrogen) atoms. The molecule has 0 saturated carbocycles. The Bertz CT molecular complexity index is 3570. The van der Waals surface area contributed by atoms with Crippen LogP contribution in [0, 0.1) is 0 Å². The van der Waals surface area contributed by atoms with E-state index in [1.54, 1.807) is 0 Å². The van der Waals surface area contributed by atoms with Gasteiger partial charge in [-0.3, -0.25) is 0 Å². The zero-order valence-corrected chi connectivity index (χ0v) is 35.1. The predicted octanol–water partition coefficient (Wildman–Crippen LogP) is 16.8. The van der Waals surface area contributed by atoms with Gasteiger partial charge in [0.2, 0.25) is 0 Å². The van der Waals surface area contributed by atoms with Gasteiger partial charge in [0.05, 0.1) is 11.1 Å². The van der Waals surface area contributed by atoms with Crippen LogP contribution in [-0.2, 0) is 5.41 Å². The van der Waals surface area contributed by atoms with Crippen LogP contribution in [0.2, 0.25) is 0 Å². The van der Waals surface area contributed by atoms with Crippen molar-refractivity contribution in [2.75, 3.05) is 4.90 Å². The second kappa shape index (κ2) is 14.4. The van der Waals surface area contributed by atoms with Gasteiger partial charge >= 0.3 is 0 Å². The van der Waals surface area contributed by atoms with Crippen LogP contribution < -0.4 is 4.90 Å². The maximum atomic E-state index is 2.52. The topological polar surface area (TPSA) is 3.24 Å². The van der Waals surface area contributed by atoms with Crippen molar-refractivity contribution in [2.24, 2.45) is 0 Å². The summed E-state index contributed by atoms with van der Waals surface area (Å²) in [5, 5.41) is 4.96. The van der Waals surface area contributed by atoms with E-state index < -0.39 is 5.41 Å². The molecule has 1 heteroatoms. The lowest BCUT2D eigenvalue weighted by Crippen LogP contribution is -2.25. The Morgan fingerprint density at radius 3 is 1.42 bits per heavy atom. The summed E-state index contributed by atoms with van der Waals surface area (Å²) in [4.78, 5) is 2.52. The molecule has 0 bridgehead atoms. The third-order valence-electron chi connectivity index (χ3n) is 13.9. The van der Waals surface area contributed by atoms with E-state index in [9.17, 15) is 0 Å². The number of fused-ring (bicyclic) bond motifs is 13. The van der Waals surface area contributed by atoms with Crippen LogP contribution in [-0.4, -0.2) is 0 Å². The minimum Gasteiger partial charge on any atom is -0.310 e. The molecule has 1 spiro atoms. The molecule has 0 fully saturated rings. The first-order valence-electron chi connectivity index (χ1n) is 22.3. The highest BCUT2D eigenvalue weighted by Gasteiger charge is 2.51. The minimum atomic E-state index is -0.417.